The van der Waals surface area contributed by atoms with E-state index in [2.05, 4.69) is 38.1 Å². The molecule has 1 aromatic rings. The number of anilines is 1. The summed E-state index contributed by atoms with van der Waals surface area (Å²) >= 11 is 3.31. The minimum Gasteiger partial charge on any atom is -0.444 e. The van der Waals surface area contributed by atoms with Crippen molar-refractivity contribution in [2.75, 3.05) is 11.9 Å². The average molecular weight is 371 g/mol. The molecule has 0 radical (unpaired) electrons. The number of rotatable bonds is 3. The summed E-state index contributed by atoms with van der Waals surface area (Å²) in [7, 11) is 0. The zero-order valence-electron chi connectivity index (χ0n) is 13.5. The molecular weight excluding hydrogens is 348 g/mol. The van der Waals surface area contributed by atoms with E-state index in [0.717, 1.165) is 17.3 Å². The number of hydrogen-bond donors (Lipinski definition) is 1. The number of likely N-dealkylation sites (tertiary alicyclic amines) is 1. The Morgan fingerprint density at radius 1 is 1.45 bits per heavy atom. The lowest BCUT2D eigenvalue weighted by Crippen LogP contribution is -2.40. The maximum atomic E-state index is 12.3. The van der Waals surface area contributed by atoms with Gasteiger partial charge < -0.3 is 15.0 Å². The van der Waals surface area contributed by atoms with Crippen LogP contribution in [0.3, 0.4) is 0 Å². The van der Waals surface area contributed by atoms with Gasteiger partial charge in [-0.25, -0.2) is 14.8 Å². The van der Waals surface area contributed by atoms with E-state index in [1.165, 1.54) is 0 Å². The molecule has 122 valence electrons. The molecule has 1 aromatic heterocycles. The fraction of sp³-hybridized carbons (Fsp3) is 0.667. The predicted molar refractivity (Wildman–Crippen MR) is 88.8 cm³/mol. The summed E-state index contributed by atoms with van der Waals surface area (Å²) in [5, 5.41) is 3.29. The predicted octanol–water partition coefficient (Wildman–Crippen LogP) is 3.44. The number of nitrogens with one attached hydrogen (secondary N) is 1. The lowest BCUT2D eigenvalue weighted by atomic mass is 10.1. The summed E-state index contributed by atoms with van der Waals surface area (Å²) in [6.45, 7) is 8.33. The quantitative estimate of drug-likeness (QED) is 0.882. The van der Waals surface area contributed by atoms with Gasteiger partial charge in [0.1, 0.15) is 5.60 Å². The van der Waals surface area contributed by atoms with E-state index >= 15 is 0 Å². The molecule has 1 aliphatic heterocycles. The van der Waals surface area contributed by atoms with Gasteiger partial charge in [0.2, 0.25) is 5.95 Å². The summed E-state index contributed by atoms with van der Waals surface area (Å²) in [6, 6.07) is 0.321. The summed E-state index contributed by atoms with van der Waals surface area (Å²) in [5.41, 5.74) is -0.476. The fourth-order valence-corrected chi connectivity index (χ4v) is 2.73. The number of amides is 1. The summed E-state index contributed by atoms with van der Waals surface area (Å²) in [4.78, 5) is 22.6. The first-order valence-corrected chi connectivity index (χ1v) is 8.31. The number of nitrogens with zero attached hydrogens (tertiary/aromatic N) is 3. The van der Waals surface area contributed by atoms with Gasteiger partial charge in [0.05, 0.1) is 4.47 Å². The van der Waals surface area contributed by atoms with Crippen molar-refractivity contribution in [2.45, 2.75) is 58.2 Å². The lowest BCUT2D eigenvalue weighted by Gasteiger charge is -2.28. The zero-order valence-corrected chi connectivity index (χ0v) is 15.1. The number of carbonyl (C=O) groups is 1. The standard InChI is InChI=1S/C15H23BrN4O2/c1-5-12-6-11(19-13-17-7-10(16)8-18-13)9-20(12)14(21)22-15(2,3)4/h7-8,11-12H,5-6,9H2,1-4H3,(H,17,18,19)/t11-,12+/m0/s1. The Kier molecular flexibility index (Phi) is 5.26. The topological polar surface area (TPSA) is 67.4 Å². The molecule has 0 aliphatic carbocycles. The molecule has 1 amide bonds. The van der Waals surface area contributed by atoms with Crippen LogP contribution in [0, 0.1) is 0 Å². The molecule has 6 nitrogen and oxygen atoms in total. The van der Waals surface area contributed by atoms with Crippen LogP contribution < -0.4 is 5.32 Å². The maximum Gasteiger partial charge on any atom is 0.410 e. The van der Waals surface area contributed by atoms with Gasteiger partial charge in [0, 0.05) is 31.0 Å². The van der Waals surface area contributed by atoms with Gasteiger partial charge in [-0.1, -0.05) is 6.92 Å². The third-order valence-corrected chi connectivity index (χ3v) is 3.88. The fourth-order valence-electron chi connectivity index (χ4n) is 2.52. The van der Waals surface area contributed by atoms with E-state index < -0.39 is 5.60 Å². The number of carbonyl (C=O) groups excluding carboxylic acids is 1. The second-order valence-electron chi connectivity index (χ2n) is 6.50. The highest BCUT2D eigenvalue weighted by atomic mass is 79.9. The van der Waals surface area contributed by atoms with Crippen molar-refractivity contribution in [1.29, 1.82) is 0 Å². The molecule has 2 rings (SSSR count). The maximum absolute atomic E-state index is 12.3. The largest absolute Gasteiger partial charge is 0.444 e. The van der Waals surface area contributed by atoms with Crippen molar-refractivity contribution >= 4 is 28.0 Å². The smallest absolute Gasteiger partial charge is 0.410 e. The molecule has 2 heterocycles. The monoisotopic (exact) mass is 370 g/mol. The van der Waals surface area contributed by atoms with Crippen molar-refractivity contribution in [3.8, 4) is 0 Å². The molecule has 2 atom stereocenters. The van der Waals surface area contributed by atoms with Gasteiger partial charge >= 0.3 is 6.09 Å². The molecule has 0 aromatic carbocycles. The Balaban J connectivity index is 1.99. The van der Waals surface area contributed by atoms with Gasteiger partial charge in [-0.15, -0.1) is 0 Å². The average Bonchev–Trinajstić information content (AvgIpc) is 2.83. The third-order valence-electron chi connectivity index (χ3n) is 3.47. The van der Waals surface area contributed by atoms with Crippen LogP contribution in [-0.4, -0.2) is 45.2 Å². The van der Waals surface area contributed by atoms with Crippen LogP contribution >= 0.6 is 15.9 Å². The number of aromatic nitrogens is 2. The Morgan fingerprint density at radius 3 is 2.64 bits per heavy atom. The third kappa shape index (κ3) is 4.56. The Bertz CT molecular complexity index is 515. The van der Waals surface area contributed by atoms with Gasteiger partial charge in [0.25, 0.3) is 0 Å². The van der Waals surface area contributed by atoms with E-state index in [0.29, 0.717) is 12.5 Å². The van der Waals surface area contributed by atoms with Crippen molar-refractivity contribution in [2.24, 2.45) is 0 Å². The van der Waals surface area contributed by atoms with Crippen molar-refractivity contribution in [3.63, 3.8) is 0 Å². The van der Waals surface area contributed by atoms with Gasteiger partial charge in [-0.05, 0) is 49.5 Å². The second-order valence-corrected chi connectivity index (χ2v) is 7.41. The normalized spacial score (nSPS) is 21.8. The molecule has 1 fully saturated rings. The van der Waals surface area contributed by atoms with Crippen molar-refractivity contribution < 1.29 is 9.53 Å². The zero-order chi connectivity index (χ0) is 16.3. The minimum absolute atomic E-state index is 0.138. The molecule has 7 heteroatoms. The molecule has 22 heavy (non-hydrogen) atoms. The summed E-state index contributed by atoms with van der Waals surface area (Å²) in [5.74, 6) is 0.578. The number of ether oxygens (including phenoxy) is 1. The van der Waals surface area contributed by atoms with Gasteiger partial charge in [-0.3, -0.25) is 0 Å². The van der Waals surface area contributed by atoms with E-state index in [1.807, 2.05) is 25.7 Å². The first-order chi connectivity index (χ1) is 10.3. The first kappa shape index (κ1) is 17.0. The van der Waals surface area contributed by atoms with Crippen molar-refractivity contribution in [3.05, 3.63) is 16.9 Å². The Hall–Kier alpha value is -1.37. The van der Waals surface area contributed by atoms with Gasteiger partial charge in [0.15, 0.2) is 0 Å². The van der Waals surface area contributed by atoms with Crippen LogP contribution in [0.5, 0.6) is 0 Å². The number of hydrogen-bond acceptors (Lipinski definition) is 5. The van der Waals surface area contributed by atoms with Crippen LogP contribution in [0.4, 0.5) is 10.7 Å². The van der Waals surface area contributed by atoms with E-state index in [4.69, 9.17) is 4.74 Å². The summed E-state index contributed by atoms with van der Waals surface area (Å²) < 4.78 is 6.33. The van der Waals surface area contributed by atoms with E-state index in [9.17, 15) is 4.79 Å². The minimum atomic E-state index is -0.476. The van der Waals surface area contributed by atoms with Crippen LogP contribution in [0.25, 0.3) is 0 Å². The molecule has 0 spiro atoms. The molecule has 1 N–H and O–H groups in total. The lowest BCUT2D eigenvalue weighted by molar-refractivity contribution is 0.0222. The van der Waals surface area contributed by atoms with Crippen LogP contribution in [0.2, 0.25) is 0 Å². The Labute approximate surface area is 139 Å². The van der Waals surface area contributed by atoms with Gasteiger partial charge in [-0.2, -0.15) is 0 Å². The highest BCUT2D eigenvalue weighted by molar-refractivity contribution is 9.10. The number of halogens is 1. The first-order valence-electron chi connectivity index (χ1n) is 7.52. The van der Waals surface area contributed by atoms with E-state index in [-0.39, 0.29) is 18.2 Å². The molecule has 0 bridgehead atoms. The highest BCUT2D eigenvalue weighted by Crippen LogP contribution is 2.25. The second kappa shape index (κ2) is 6.81. The SMILES string of the molecule is CC[C@@H]1C[C@H](Nc2ncc(Br)cn2)CN1C(=O)OC(C)(C)C. The van der Waals surface area contributed by atoms with Crippen LogP contribution in [0.15, 0.2) is 16.9 Å². The molecule has 0 saturated carbocycles. The highest BCUT2D eigenvalue weighted by Gasteiger charge is 2.36. The molecule has 1 saturated heterocycles. The van der Waals surface area contributed by atoms with E-state index in [1.54, 1.807) is 12.4 Å². The molecule has 1 aliphatic rings. The van der Waals surface area contributed by atoms with Crippen LogP contribution in [0.1, 0.15) is 40.5 Å². The summed E-state index contributed by atoms with van der Waals surface area (Å²) in [6.07, 6.45) is 4.93. The Morgan fingerprint density at radius 2 is 2.09 bits per heavy atom. The van der Waals surface area contributed by atoms with Crippen molar-refractivity contribution in [1.82, 2.24) is 14.9 Å². The molecular formula is C15H23BrN4O2. The molecule has 0 unspecified atom stereocenters. The van der Waals surface area contributed by atoms with Crippen LogP contribution in [-0.2, 0) is 4.74 Å².